The Bertz CT molecular complexity index is 812. The van der Waals surface area contributed by atoms with Crippen molar-refractivity contribution in [1.29, 1.82) is 0 Å². The molecule has 1 amide bonds. The number of nitrogens with one attached hydrogen (secondary N) is 1. The maximum atomic E-state index is 12.1. The van der Waals surface area contributed by atoms with E-state index in [0.29, 0.717) is 11.6 Å². The molecule has 1 atom stereocenters. The van der Waals surface area contributed by atoms with Crippen LogP contribution in [0.3, 0.4) is 0 Å². The highest BCUT2D eigenvalue weighted by Crippen LogP contribution is 2.24. The van der Waals surface area contributed by atoms with Gasteiger partial charge in [0, 0.05) is 12.6 Å². The summed E-state index contributed by atoms with van der Waals surface area (Å²) in [4.78, 5) is 12.1. The highest BCUT2D eigenvalue weighted by molar-refractivity contribution is 8.15. The Morgan fingerprint density at radius 1 is 1.27 bits per heavy atom. The first-order valence-corrected chi connectivity index (χ1v) is 9.27. The number of hydrogen-bond acceptors (Lipinski definition) is 6. The molecule has 7 heteroatoms. The van der Waals surface area contributed by atoms with E-state index < -0.39 is 0 Å². The standard InChI is InChI=1S/C19H21N3O3S/c1-13-5-8-16(25-13)4-3-11-20-22-19-21-18(23)17(26-19)12-14-6-9-15(24-2)10-7-14/h5-11,17H,3-4,12H2,1-2H3,(H,21,22,23)/b20-11-/t17-/m1/s1. The summed E-state index contributed by atoms with van der Waals surface area (Å²) in [5.74, 6) is 2.61. The van der Waals surface area contributed by atoms with Crippen LogP contribution in [0.5, 0.6) is 5.75 Å². The number of thioether (sulfide) groups is 1. The van der Waals surface area contributed by atoms with Gasteiger partial charge in [-0.3, -0.25) is 4.79 Å². The zero-order valence-corrected chi connectivity index (χ0v) is 15.6. The first-order chi connectivity index (χ1) is 12.6. The minimum Gasteiger partial charge on any atom is -0.497 e. The lowest BCUT2D eigenvalue weighted by atomic mass is 10.1. The quantitative estimate of drug-likeness (QED) is 0.598. The SMILES string of the molecule is COc1ccc(C[C@H]2S/C(=N/N=C\CCc3ccc(C)o3)NC2=O)cc1. The van der Waals surface area contributed by atoms with Crippen molar-refractivity contribution in [3.63, 3.8) is 0 Å². The van der Waals surface area contributed by atoms with Crippen LogP contribution < -0.4 is 10.1 Å². The van der Waals surface area contributed by atoms with Crippen molar-refractivity contribution in [2.45, 2.75) is 31.4 Å². The molecule has 1 N–H and O–H groups in total. The van der Waals surface area contributed by atoms with E-state index in [4.69, 9.17) is 9.15 Å². The minimum absolute atomic E-state index is 0.0363. The highest BCUT2D eigenvalue weighted by atomic mass is 32.2. The summed E-state index contributed by atoms with van der Waals surface area (Å²) in [5.41, 5.74) is 1.08. The van der Waals surface area contributed by atoms with E-state index in [2.05, 4.69) is 15.5 Å². The van der Waals surface area contributed by atoms with Crippen molar-refractivity contribution in [2.24, 2.45) is 10.2 Å². The van der Waals surface area contributed by atoms with Gasteiger partial charge in [0.2, 0.25) is 5.91 Å². The molecular formula is C19H21N3O3S. The van der Waals surface area contributed by atoms with E-state index in [-0.39, 0.29) is 11.2 Å². The Labute approximate surface area is 156 Å². The Morgan fingerprint density at radius 3 is 2.77 bits per heavy atom. The number of rotatable bonds is 7. The number of methoxy groups -OCH3 is 1. The monoisotopic (exact) mass is 371 g/mol. The van der Waals surface area contributed by atoms with Crippen LogP contribution in [0.4, 0.5) is 0 Å². The minimum atomic E-state index is -0.191. The summed E-state index contributed by atoms with van der Waals surface area (Å²) in [6.07, 6.45) is 3.88. The first kappa shape index (κ1) is 18.3. The zero-order chi connectivity index (χ0) is 18.4. The van der Waals surface area contributed by atoms with Crippen LogP contribution in [0.15, 0.2) is 51.0 Å². The lowest BCUT2D eigenvalue weighted by Gasteiger charge is -2.06. The number of amidine groups is 1. The number of carbonyl (C=O) groups excluding carboxylic acids is 1. The van der Waals surface area contributed by atoms with E-state index >= 15 is 0 Å². The van der Waals surface area contributed by atoms with E-state index in [9.17, 15) is 4.79 Å². The Balaban J connectivity index is 1.48. The average molecular weight is 371 g/mol. The fourth-order valence-electron chi connectivity index (χ4n) is 2.54. The van der Waals surface area contributed by atoms with Gasteiger partial charge >= 0.3 is 0 Å². The molecule has 26 heavy (non-hydrogen) atoms. The van der Waals surface area contributed by atoms with Crippen LogP contribution in [-0.4, -0.2) is 29.6 Å². The molecule has 1 aliphatic rings. The second kappa shape index (κ2) is 8.71. The average Bonchev–Trinajstić information content (AvgIpc) is 3.21. The number of aryl methyl sites for hydroxylation is 2. The van der Waals surface area contributed by atoms with Gasteiger partial charge < -0.3 is 14.5 Å². The number of ether oxygens (including phenoxy) is 1. The Kier molecular flexibility index (Phi) is 6.12. The molecule has 1 saturated heterocycles. The molecule has 0 radical (unpaired) electrons. The van der Waals surface area contributed by atoms with Crippen molar-refractivity contribution in [3.05, 3.63) is 53.5 Å². The lowest BCUT2D eigenvalue weighted by Crippen LogP contribution is -2.25. The molecule has 0 spiro atoms. The number of amides is 1. The van der Waals surface area contributed by atoms with Gasteiger partial charge in [0.25, 0.3) is 0 Å². The number of hydrogen-bond donors (Lipinski definition) is 1. The summed E-state index contributed by atoms with van der Waals surface area (Å²) >= 11 is 1.41. The Hall–Kier alpha value is -2.54. The topological polar surface area (TPSA) is 76.2 Å². The van der Waals surface area contributed by atoms with Crippen LogP contribution >= 0.6 is 11.8 Å². The van der Waals surface area contributed by atoms with Gasteiger partial charge in [0.05, 0.1) is 12.4 Å². The summed E-state index contributed by atoms with van der Waals surface area (Å²) in [6, 6.07) is 11.6. The molecule has 1 aromatic carbocycles. The molecule has 136 valence electrons. The van der Waals surface area contributed by atoms with E-state index in [1.165, 1.54) is 11.8 Å². The summed E-state index contributed by atoms with van der Waals surface area (Å²) in [7, 11) is 1.63. The third-order valence-corrected chi connectivity index (χ3v) is 4.97. The highest BCUT2D eigenvalue weighted by Gasteiger charge is 2.30. The van der Waals surface area contributed by atoms with Crippen molar-refractivity contribution < 1.29 is 13.9 Å². The van der Waals surface area contributed by atoms with Crippen LogP contribution in [0.1, 0.15) is 23.5 Å². The number of furan rings is 1. The molecule has 6 nitrogen and oxygen atoms in total. The number of benzene rings is 1. The number of nitrogens with zero attached hydrogens (tertiary/aromatic N) is 2. The van der Waals surface area contributed by atoms with Crippen molar-refractivity contribution >= 4 is 29.1 Å². The fraction of sp³-hybridized carbons (Fsp3) is 0.316. The molecule has 2 heterocycles. The predicted octanol–water partition coefficient (Wildman–Crippen LogP) is 3.35. The second-order valence-electron chi connectivity index (χ2n) is 5.90. The molecule has 2 aromatic rings. The van der Waals surface area contributed by atoms with Crippen LogP contribution in [0.2, 0.25) is 0 Å². The third-order valence-electron chi connectivity index (χ3n) is 3.90. The number of carbonyl (C=O) groups is 1. The molecule has 1 aliphatic heterocycles. The predicted molar refractivity (Wildman–Crippen MR) is 104 cm³/mol. The maximum absolute atomic E-state index is 12.1. The van der Waals surface area contributed by atoms with Gasteiger partial charge in [-0.2, -0.15) is 5.10 Å². The van der Waals surface area contributed by atoms with Crippen LogP contribution in [-0.2, 0) is 17.6 Å². The molecule has 3 rings (SSSR count). The van der Waals surface area contributed by atoms with Gasteiger partial charge in [-0.05, 0) is 49.6 Å². The summed E-state index contributed by atoms with van der Waals surface area (Å²) in [5, 5.41) is 11.3. The van der Waals surface area contributed by atoms with Gasteiger partial charge in [-0.1, -0.05) is 23.9 Å². The molecular weight excluding hydrogens is 350 g/mol. The van der Waals surface area contributed by atoms with Crippen LogP contribution in [0.25, 0.3) is 0 Å². The normalized spacial score (nSPS) is 18.6. The first-order valence-electron chi connectivity index (χ1n) is 8.39. The fourth-order valence-corrected chi connectivity index (χ4v) is 3.50. The molecule has 0 aliphatic carbocycles. The molecule has 1 fully saturated rings. The molecule has 1 aromatic heterocycles. The van der Waals surface area contributed by atoms with Crippen LogP contribution in [0, 0.1) is 6.92 Å². The smallest absolute Gasteiger partial charge is 0.239 e. The van der Waals surface area contributed by atoms with Crippen molar-refractivity contribution in [1.82, 2.24) is 5.32 Å². The maximum Gasteiger partial charge on any atom is 0.239 e. The second-order valence-corrected chi connectivity index (χ2v) is 7.09. The lowest BCUT2D eigenvalue weighted by molar-refractivity contribution is -0.118. The van der Waals surface area contributed by atoms with Gasteiger partial charge in [-0.25, -0.2) is 0 Å². The summed E-state index contributed by atoms with van der Waals surface area (Å²) in [6.45, 7) is 1.92. The van der Waals surface area contributed by atoms with E-state index in [1.54, 1.807) is 13.3 Å². The van der Waals surface area contributed by atoms with Gasteiger partial charge in [0.1, 0.15) is 17.3 Å². The van der Waals surface area contributed by atoms with E-state index in [0.717, 1.165) is 35.7 Å². The molecule has 0 unspecified atom stereocenters. The van der Waals surface area contributed by atoms with E-state index in [1.807, 2.05) is 43.3 Å². The molecule has 0 saturated carbocycles. The van der Waals surface area contributed by atoms with Crippen molar-refractivity contribution in [2.75, 3.05) is 7.11 Å². The van der Waals surface area contributed by atoms with Gasteiger partial charge in [-0.15, -0.1) is 5.10 Å². The molecule has 0 bridgehead atoms. The third kappa shape index (κ3) is 4.98. The Morgan fingerprint density at radius 2 is 2.08 bits per heavy atom. The van der Waals surface area contributed by atoms with Crippen molar-refractivity contribution in [3.8, 4) is 5.75 Å². The summed E-state index contributed by atoms with van der Waals surface area (Å²) < 4.78 is 10.6. The largest absolute Gasteiger partial charge is 0.497 e. The zero-order valence-electron chi connectivity index (χ0n) is 14.8. The van der Waals surface area contributed by atoms with Gasteiger partial charge in [0.15, 0.2) is 5.17 Å².